The fourth-order valence-corrected chi connectivity index (χ4v) is 4.32. The van der Waals surface area contributed by atoms with E-state index in [0.29, 0.717) is 22.5 Å². The van der Waals surface area contributed by atoms with Crippen molar-refractivity contribution in [2.75, 3.05) is 0 Å². The van der Waals surface area contributed by atoms with Crippen LogP contribution in [0.3, 0.4) is 0 Å². The molecule has 0 radical (unpaired) electrons. The van der Waals surface area contributed by atoms with Crippen LogP contribution in [0.5, 0.6) is 0 Å². The van der Waals surface area contributed by atoms with Crippen LogP contribution in [0.15, 0.2) is 53.7 Å². The molecule has 0 bridgehead atoms. The molecule has 1 unspecified atom stereocenters. The van der Waals surface area contributed by atoms with Gasteiger partial charge in [0.2, 0.25) is 5.91 Å². The fourth-order valence-electron chi connectivity index (χ4n) is 3.02. The molecule has 0 aliphatic heterocycles. The summed E-state index contributed by atoms with van der Waals surface area (Å²) in [6, 6.07) is 13.7. The highest BCUT2D eigenvalue weighted by atomic mass is 35.5. The minimum Gasteiger partial charge on any atom is -0.352 e. The molecule has 1 N–H and O–H groups in total. The molecule has 1 atom stereocenters. The molecule has 150 valence electrons. The molecule has 1 saturated carbocycles. The normalized spacial score (nSPS) is 14.6. The zero-order chi connectivity index (χ0) is 20.4. The molecule has 0 saturated heterocycles. The minimum atomic E-state index is -0.544. The van der Waals surface area contributed by atoms with Gasteiger partial charge in [-0.2, -0.15) is 0 Å². The van der Waals surface area contributed by atoms with Gasteiger partial charge in [0.15, 0.2) is 11.0 Å². The standard InChI is InChI=1S/C21H20ClFN4OS/c1-2-27-19(14-4-3-5-15(22)12-14)25-26-21(27)29-18(20(28)24-17-10-11-17)13-6-8-16(23)9-7-13/h3-9,12,17-18H,2,10-11H2,1H3,(H,24,28). The second-order valence-electron chi connectivity index (χ2n) is 6.89. The lowest BCUT2D eigenvalue weighted by Gasteiger charge is -2.17. The molecule has 1 aliphatic rings. The third kappa shape index (κ3) is 4.62. The topological polar surface area (TPSA) is 59.8 Å². The van der Waals surface area contributed by atoms with E-state index in [4.69, 9.17) is 11.6 Å². The molecule has 1 amide bonds. The molecule has 1 heterocycles. The van der Waals surface area contributed by atoms with E-state index in [1.54, 1.807) is 18.2 Å². The predicted molar refractivity (Wildman–Crippen MR) is 112 cm³/mol. The number of amides is 1. The third-order valence-electron chi connectivity index (χ3n) is 4.67. The van der Waals surface area contributed by atoms with Gasteiger partial charge in [-0.15, -0.1) is 10.2 Å². The summed E-state index contributed by atoms with van der Waals surface area (Å²) in [6.45, 7) is 2.64. The van der Waals surface area contributed by atoms with Crippen LogP contribution in [-0.2, 0) is 11.3 Å². The maximum Gasteiger partial charge on any atom is 0.238 e. The van der Waals surface area contributed by atoms with Crippen LogP contribution in [0.2, 0.25) is 5.02 Å². The highest BCUT2D eigenvalue weighted by Gasteiger charge is 2.30. The largest absolute Gasteiger partial charge is 0.352 e. The minimum absolute atomic E-state index is 0.0981. The number of benzene rings is 2. The second-order valence-corrected chi connectivity index (χ2v) is 8.40. The predicted octanol–water partition coefficient (Wildman–Crippen LogP) is 4.87. The van der Waals surface area contributed by atoms with Crippen molar-refractivity contribution in [3.8, 4) is 11.4 Å². The van der Waals surface area contributed by atoms with Gasteiger partial charge >= 0.3 is 0 Å². The molecule has 1 aliphatic carbocycles. The Morgan fingerprint density at radius 1 is 1.28 bits per heavy atom. The Bertz CT molecular complexity index is 1020. The summed E-state index contributed by atoms with van der Waals surface area (Å²) in [5.41, 5.74) is 1.59. The van der Waals surface area contributed by atoms with Gasteiger partial charge in [0.25, 0.3) is 0 Å². The van der Waals surface area contributed by atoms with Crippen molar-refractivity contribution in [3.63, 3.8) is 0 Å². The molecule has 29 heavy (non-hydrogen) atoms. The first-order valence-corrected chi connectivity index (χ1v) is 10.7. The molecule has 4 rings (SSSR count). The Hall–Kier alpha value is -2.38. The number of nitrogens with one attached hydrogen (secondary N) is 1. The molecule has 3 aromatic rings. The van der Waals surface area contributed by atoms with Crippen molar-refractivity contribution in [1.82, 2.24) is 20.1 Å². The number of carbonyl (C=O) groups is 1. The first kappa shape index (κ1) is 19.9. The van der Waals surface area contributed by atoms with Gasteiger partial charge in [0.1, 0.15) is 11.1 Å². The molecule has 2 aromatic carbocycles. The summed E-state index contributed by atoms with van der Waals surface area (Å²) >= 11 is 7.44. The summed E-state index contributed by atoms with van der Waals surface area (Å²) in [4.78, 5) is 12.9. The third-order valence-corrected chi connectivity index (χ3v) is 6.14. The Morgan fingerprint density at radius 3 is 2.69 bits per heavy atom. The van der Waals surface area contributed by atoms with E-state index in [-0.39, 0.29) is 17.8 Å². The number of carbonyl (C=O) groups excluding carboxylic acids is 1. The number of aromatic nitrogens is 3. The van der Waals surface area contributed by atoms with E-state index in [1.807, 2.05) is 29.7 Å². The van der Waals surface area contributed by atoms with Crippen LogP contribution in [-0.4, -0.2) is 26.7 Å². The summed E-state index contributed by atoms with van der Waals surface area (Å²) in [5.74, 6) is 0.261. The Labute approximate surface area is 177 Å². The van der Waals surface area contributed by atoms with Crippen LogP contribution in [0, 0.1) is 5.82 Å². The van der Waals surface area contributed by atoms with Crippen molar-refractivity contribution in [2.45, 2.75) is 42.8 Å². The number of thioether (sulfide) groups is 1. The van der Waals surface area contributed by atoms with Crippen LogP contribution in [0.25, 0.3) is 11.4 Å². The maximum absolute atomic E-state index is 13.4. The molecule has 5 nitrogen and oxygen atoms in total. The van der Waals surface area contributed by atoms with Crippen molar-refractivity contribution >= 4 is 29.3 Å². The SMILES string of the molecule is CCn1c(SC(C(=O)NC2CC2)c2ccc(F)cc2)nnc1-c1cccc(Cl)c1. The summed E-state index contributed by atoms with van der Waals surface area (Å²) in [5, 5.41) is 12.4. The Balaban J connectivity index is 1.66. The smallest absolute Gasteiger partial charge is 0.238 e. The highest BCUT2D eigenvalue weighted by molar-refractivity contribution is 8.00. The van der Waals surface area contributed by atoms with Crippen LogP contribution >= 0.6 is 23.4 Å². The van der Waals surface area contributed by atoms with Gasteiger partial charge < -0.3 is 9.88 Å². The van der Waals surface area contributed by atoms with Gasteiger partial charge in [-0.25, -0.2) is 4.39 Å². The first-order valence-electron chi connectivity index (χ1n) is 9.46. The molecular formula is C21H20ClFN4OS. The summed E-state index contributed by atoms with van der Waals surface area (Å²) < 4.78 is 15.4. The quantitative estimate of drug-likeness (QED) is 0.543. The highest BCUT2D eigenvalue weighted by Crippen LogP contribution is 2.37. The molecule has 1 fully saturated rings. The summed E-state index contributed by atoms with van der Waals surface area (Å²) in [7, 11) is 0. The van der Waals surface area contributed by atoms with Gasteiger partial charge in [-0.1, -0.05) is 47.6 Å². The molecule has 0 spiro atoms. The zero-order valence-electron chi connectivity index (χ0n) is 15.8. The van der Waals surface area contributed by atoms with Crippen molar-refractivity contribution in [2.24, 2.45) is 0 Å². The maximum atomic E-state index is 13.4. The lowest BCUT2D eigenvalue weighted by Crippen LogP contribution is -2.30. The van der Waals surface area contributed by atoms with Gasteiger partial charge in [0, 0.05) is 23.2 Å². The summed E-state index contributed by atoms with van der Waals surface area (Å²) in [6.07, 6.45) is 1.99. The molecule has 8 heteroatoms. The lowest BCUT2D eigenvalue weighted by atomic mass is 10.1. The van der Waals surface area contributed by atoms with E-state index in [2.05, 4.69) is 15.5 Å². The van der Waals surface area contributed by atoms with Crippen molar-refractivity contribution in [1.29, 1.82) is 0 Å². The van der Waals surface area contributed by atoms with Crippen molar-refractivity contribution in [3.05, 3.63) is 64.9 Å². The average Bonchev–Trinajstić information content (AvgIpc) is 3.43. The number of hydrogen-bond acceptors (Lipinski definition) is 4. The fraction of sp³-hybridized carbons (Fsp3) is 0.286. The first-order chi connectivity index (χ1) is 14.0. The van der Waals surface area contributed by atoms with E-state index in [1.165, 1.54) is 23.9 Å². The van der Waals surface area contributed by atoms with Gasteiger partial charge in [0.05, 0.1) is 0 Å². The van der Waals surface area contributed by atoms with Crippen LogP contribution in [0.4, 0.5) is 4.39 Å². The molecular weight excluding hydrogens is 411 g/mol. The van der Waals surface area contributed by atoms with Crippen molar-refractivity contribution < 1.29 is 9.18 Å². The van der Waals surface area contributed by atoms with E-state index < -0.39 is 5.25 Å². The number of rotatable bonds is 7. The Kier molecular flexibility index (Phi) is 5.87. The van der Waals surface area contributed by atoms with Gasteiger partial charge in [-0.05, 0) is 49.6 Å². The average molecular weight is 431 g/mol. The number of hydrogen-bond donors (Lipinski definition) is 1. The van der Waals surface area contributed by atoms with Crippen LogP contribution < -0.4 is 5.32 Å². The van der Waals surface area contributed by atoms with Gasteiger partial charge in [-0.3, -0.25) is 4.79 Å². The van der Waals surface area contributed by atoms with E-state index in [9.17, 15) is 9.18 Å². The van der Waals surface area contributed by atoms with E-state index in [0.717, 1.165) is 24.0 Å². The number of halogens is 2. The molecule has 1 aromatic heterocycles. The Morgan fingerprint density at radius 2 is 2.03 bits per heavy atom. The lowest BCUT2D eigenvalue weighted by molar-refractivity contribution is -0.120. The monoisotopic (exact) mass is 430 g/mol. The zero-order valence-corrected chi connectivity index (χ0v) is 17.4. The van der Waals surface area contributed by atoms with Crippen LogP contribution in [0.1, 0.15) is 30.6 Å². The second kappa shape index (κ2) is 8.55. The van der Waals surface area contributed by atoms with E-state index >= 15 is 0 Å². The number of nitrogens with zero attached hydrogens (tertiary/aromatic N) is 3.